The number of aryl methyl sites for hydroxylation is 1. The van der Waals surface area contributed by atoms with Crippen molar-refractivity contribution >= 4 is 23.2 Å². The molecule has 148 valence electrons. The molecule has 7 nitrogen and oxygen atoms in total. The van der Waals surface area contributed by atoms with E-state index in [9.17, 15) is 9.59 Å². The molecule has 4 rings (SSSR count). The lowest BCUT2D eigenvalue weighted by molar-refractivity contribution is -0.122. The van der Waals surface area contributed by atoms with Crippen LogP contribution < -0.4 is 20.1 Å². The summed E-state index contributed by atoms with van der Waals surface area (Å²) >= 11 is 1.41. The van der Waals surface area contributed by atoms with Gasteiger partial charge in [-0.25, -0.2) is 4.98 Å². The largest absolute Gasteiger partial charge is 0.454 e. The van der Waals surface area contributed by atoms with Crippen molar-refractivity contribution in [2.75, 3.05) is 6.79 Å². The molecule has 2 amide bonds. The number of hydrogen-bond donors (Lipinski definition) is 2. The van der Waals surface area contributed by atoms with Gasteiger partial charge in [-0.2, -0.15) is 0 Å². The molecule has 2 aromatic rings. The van der Waals surface area contributed by atoms with Crippen LogP contribution in [0.15, 0.2) is 29.1 Å². The van der Waals surface area contributed by atoms with E-state index in [0.29, 0.717) is 18.5 Å². The zero-order valence-electron chi connectivity index (χ0n) is 15.5. The number of ether oxygens (including phenoxy) is 2. The highest BCUT2D eigenvalue weighted by Gasteiger charge is 2.25. The number of nitrogens with one attached hydrogen (secondary N) is 2. The highest BCUT2D eigenvalue weighted by molar-refractivity contribution is 7.07. The number of benzene rings is 1. The molecule has 1 fully saturated rings. The third kappa shape index (κ3) is 4.62. The van der Waals surface area contributed by atoms with Crippen LogP contribution in [-0.2, 0) is 11.2 Å². The average molecular weight is 401 g/mol. The number of carbonyl (C=O) groups excluding carboxylic acids is 2. The minimum atomic E-state index is -0.138. The summed E-state index contributed by atoms with van der Waals surface area (Å²) in [5.41, 5.74) is 3.16. The van der Waals surface area contributed by atoms with Gasteiger partial charge in [0.1, 0.15) is 5.69 Å². The number of rotatable bonds is 6. The van der Waals surface area contributed by atoms with E-state index < -0.39 is 0 Å². The Morgan fingerprint density at radius 3 is 2.79 bits per heavy atom. The number of fused-ring (bicyclic) bond motifs is 1. The second-order valence-electron chi connectivity index (χ2n) is 7.16. The Morgan fingerprint density at radius 1 is 1.14 bits per heavy atom. The highest BCUT2D eigenvalue weighted by Crippen LogP contribution is 2.32. The molecular weight excluding hydrogens is 378 g/mol. The van der Waals surface area contributed by atoms with Crippen LogP contribution in [0.25, 0.3) is 0 Å². The highest BCUT2D eigenvalue weighted by atomic mass is 32.1. The van der Waals surface area contributed by atoms with Gasteiger partial charge in [-0.05, 0) is 49.8 Å². The molecule has 1 aromatic heterocycles. The summed E-state index contributed by atoms with van der Waals surface area (Å²) in [6.07, 6.45) is 4.68. The lowest BCUT2D eigenvalue weighted by atomic mass is 9.90. The first-order chi connectivity index (χ1) is 13.7. The van der Waals surface area contributed by atoms with E-state index in [4.69, 9.17) is 9.47 Å². The van der Waals surface area contributed by atoms with Gasteiger partial charge >= 0.3 is 0 Å². The fraction of sp³-hybridized carbons (Fsp3) is 0.450. The van der Waals surface area contributed by atoms with Gasteiger partial charge in [0.15, 0.2) is 11.5 Å². The van der Waals surface area contributed by atoms with Crippen LogP contribution in [0, 0.1) is 0 Å². The van der Waals surface area contributed by atoms with Gasteiger partial charge in [-0.15, -0.1) is 11.3 Å². The summed E-state index contributed by atoms with van der Waals surface area (Å²) in [5, 5.41) is 7.90. The molecule has 0 unspecified atom stereocenters. The minimum Gasteiger partial charge on any atom is -0.454 e. The summed E-state index contributed by atoms with van der Waals surface area (Å²) in [5.74, 6) is 1.39. The molecule has 1 aromatic carbocycles. The summed E-state index contributed by atoms with van der Waals surface area (Å²) < 4.78 is 10.7. The van der Waals surface area contributed by atoms with E-state index >= 15 is 0 Å². The topological polar surface area (TPSA) is 89.5 Å². The van der Waals surface area contributed by atoms with Crippen LogP contribution in [0.1, 0.15) is 48.2 Å². The summed E-state index contributed by atoms with van der Waals surface area (Å²) in [7, 11) is 0. The van der Waals surface area contributed by atoms with E-state index in [-0.39, 0.29) is 30.7 Å². The number of amides is 2. The maximum Gasteiger partial charge on any atom is 0.270 e. The molecule has 2 heterocycles. The SMILES string of the molecule is O=C(CCc1ccc2c(c1)OCO2)N[C@@H]1CCC[C@@H](NC(=O)c2cscn2)C1. The van der Waals surface area contributed by atoms with Gasteiger partial charge in [0.25, 0.3) is 5.91 Å². The van der Waals surface area contributed by atoms with E-state index in [1.807, 2.05) is 18.2 Å². The van der Waals surface area contributed by atoms with Crippen molar-refractivity contribution in [2.45, 2.75) is 50.6 Å². The minimum absolute atomic E-state index is 0.0362. The molecule has 2 N–H and O–H groups in total. The molecule has 0 radical (unpaired) electrons. The Hall–Kier alpha value is -2.61. The van der Waals surface area contributed by atoms with E-state index in [0.717, 1.165) is 42.7 Å². The zero-order valence-corrected chi connectivity index (χ0v) is 16.3. The van der Waals surface area contributed by atoms with Gasteiger partial charge in [0.05, 0.1) is 5.51 Å². The van der Waals surface area contributed by atoms with Crippen molar-refractivity contribution in [1.82, 2.24) is 15.6 Å². The molecule has 2 aliphatic rings. The Kier molecular flexibility index (Phi) is 5.76. The first kappa shape index (κ1) is 18.7. The van der Waals surface area contributed by atoms with Crippen LogP contribution in [-0.4, -0.2) is 35.7 Å². The smallest absolute Gasteiger partial charge is 0.270 e. The van der Waals surface area contributed by atoms with Gasteiger partial charge in [0.2, 0.25) is 12.7 Å². The van der Waals surface area contributed by atoms with Crippen molar-refractivity contribution in [3.63, 3.8) is 0 Å². The summed E-state index contributed by atoms with van der Waals surface area (Å²) in [4.78, 5) is 28.6. The number of nitrogens with zero attached hydrogens (tertiary/aromatic N) is 1. The van der Waals surface area contributed by atoms with Crippen molar-refractivity contribution in [3.8, 4) is 11.5 Å². The third-order valence-corrected chi connectivity index (χ3v) is 5.70. The Labute approximate surface area is 167 Å². The van der Waals surface area contributed by atoms with Crippen molar-refractivity contribution in [3.05, 3.63) is 40.3 Å². The van der Waals surface area contributed by atoms with Crippen molar-refractivity contribution in [2.24, 2.45) is 0 Å². The summed E-state index contributed by atoms with van der Waals surface area (Å²) in [6.45, 7) is 0.251. The van der Waals surface area contributed by atoms with E-state index in [2.05, 4.69) is 15.6 Å². The molecule has 0 saturated heterocycles. The van der Waals surface area contributed by atoms with Crippen LogP contribution >= 0.6 is 11.3 Å². The van der Waals surface area contributed by atoms with Crippen LogP contribution in [0.4, 0.5) is 0 Å². The van der Waals surface area contributed by atoms with Crippen molar-refractivity contribution < 1.29 is 19.1 Å². The monoisotopic (exact) mass is 401 g/mol. The Morgan fingerprint density at radius 2 is 1.96 bits per heavy atom. The first-order valence-electron chi connectivity index (χ1n) is 9.54. The second kappa shape index (κ2) is 8.60. The third-order valence-electron chi connectivity index (χ3n) is 5.12. The molecule has 1 aliphatic carbocycles. The number of aromatic nitrogens is 1. The molecule has 2 atom stereocenters. The predicted octanol–water partition coefficient (Wildman–Crippen LogP) is 2.66. The Bertz CT molecular complexity index is 840. The van der Waals surface area contributed by atoms with Crippen LogP contribution in [0.2, 0.25) is 0 Å². The van der Waals surface area contributed by atoms with E-state index in [1.165, 1.54) is 11.3 Å². The lowest BCUT2D eigenvalue weighted by Gasteiger charge is -2.30. The molecule has 0 bridgehead atoms. The van der Waals surface area contributed by atoms with Gasteiger partial charge < -0.3 is 20.1 Å². The van der Waals surface area contributed by atoms with Gasteiger partial charge in [-0.1, -0.05) is 6.07 Å². The molecule has 1 aliphatic heterocycles. The first-order valence-corrected chi connectivity index (χ1v) is 10.5. The maximum atomic E-state index is 12.4. The maximum absolute atomic E-state index is 12.4. The Balaban J connectivity index is 1.23. The molecule has 1 saturated carbocycles. The standard InChI is InChI=1S/C20H23N3O4S/c24-19(7-5-13-4-6-17-18(8-13)27-12-26-17)22-14-2-1-3-15(9-14)23-20(25)16-10-28-11-21-16/h4,6,8,10-11,14-15H,1-3,5,7,9,12H2,(H,22,24)(H,23,25)/t14-,15-/m1/s1. The molecular formula is C20H23N3O4S. The van der Waals surface area contributed by atoms with Gasteiger partial charge in [-0.3, -0.25) is 9.59 Å². The fourth-order valence-corrected chi connectivity index (χ4v) is 4.22. The summed E-state index contributed by atoms with van der Waals surface area (Å²) in [6, 6.07) is 5.94. The normalized spacial score (nSPS) is 20.6. The fourth-order valence-electron chi connectivity index (χ4n) is 3.69. The van der Waals surface area contributed by atoms with E-state index in [1.54, 1.807) is 10.9 Å². The quantitative estimate of drug-likeness (QED) is 0.777. The lowest BCUT2D eigenvalue weighted by Crippen LogP contribution is -2.45. The average Bonchev–Trinajstić information content (AvgIpc) is 3.38. The second-order valence-corrected chi connectivity index (χ2v) is 7.88. The predicted molar refractivity (Wildman–Crippen MR) is 105 cm³/mol. The number of thiazole rings is 1. The number of carbonyl (C=O) groups is 2. The zero-order chi connectivity index (χ0) is 19.3. The molecule has 0 spiro atoms. The molecule has 8 heteroatoms. The van der Waals surface area contributed by atoms with Crippen LogP contribution in [0.5, 0.6) is 11.5 Å². The van der Waals surface area contributed by atoms with Crippen molar-refractivity contribution in [1.29, 1.82) is 0 Å². The van der Waals surface area contributed by atoms with Gasteiger partial charge in [0, 0.05) is 23.9 Å². The number of hydrogen-bond acceptors (Lipinski definition) is 6. The molecule has 28 heavy (non-hydrogen) atoms. The van der Waals surface area contributed by atoms with Crippen LogP contribution in [0.3, 0.4) is 0 Å².